The topological polar surface area (TPSA) is 49.3 Å². The Morgan fingerprint density at radius 2 is 2.20 bits per heavy atom. The van der Waals surface area contributed by atoms with E-state index in [1.807, 2.05) is 6.07 Å². The Hall–Kier alpha value is -1.61. The van der Waals surface area contributed by atoms with Gasteiger partial charge in [0.25, 0.3) is 5.91 Å². The van der Waals surface area contributed by atoms with Crippen molar-refractivity contribution in [2.45, 2.75) is 12.5 Å². The number of nitrogens with one attached hydrogen (secondary N) is 1. The lowest BCUT2D eigenvalue weighted by molar-refractivity contribution is -0.137. The van der Waals surface area contributed by atoms with Crippen LogP contribution in [0.1, 0.15) is 12.5 Å². The second-order valence-corrected chi connectivity index (χ2v) is 3.79. The summed E-state index contributed by atoms with van der Waals surface area (Å²) in [5.74, 6) is -0.697. The molecule has 3 heteroatoms. The van der Waals surface area contributed by atoms with Crippen molar-refractivity contribution in [3.8, 4) is 0 Å². The van der Waals surface area contributed by atoms with Crippen molar-refractivity contribution in [1.82, 2.24) is 0 Å². The number of carbonyl (C=O) groups is 1. The van der Waals surface area contributed by atoms with Gasteiger partial charge in [0.2, 0.25) is 0 Å². The van der Waals surface area contributed by atoms with Crippen LogP contribution in [0.15, 0.2) is 36.9 Å². The molecule has 1 aromatic carbocycles. The van der Waals surface area contributed by atoms with Gasteiger partial charge < -0.3 is 10.4 Å². The molecular weight excluding hydrogens is 190 g/mol. The quantitative estimate of drug-likeness (QED) is 0.718. The average Bonchev–Trinajstić information content (AvgIpc) is 2.52. The number of anilines is 1. The molecule has 3 nitrogen and oxygen atoms in total. The van der Waals surface area contributed by atoms with Crippen LogP contribution in [-0.2, 0) is 10.4 Å². The van der Waals surface area contributed by atoms with E-state index in [0.717, 1.165) is 0 Å². The van der Waals surface area contributed by atoms with Crippen molar-refractivity contribution in [3.05, 3.63) is 42.5 Å². The van der Waals surface area contributed by atoms with E-state index >= 15 is 0 Å². The molecule has 0 fully saturated rings. The monoisotopic (exact) mass is 203 g/mol. The SMILES string of the molecule is C=CC(C)C1(O)C(=O)Nc2ccccc21. The van der Waals surface area contributed by atoms with Crippen LogP contribution in [0.2, 0.25) is 0 Å². The number of benzene rings is 1. The third-order valence-corrected chi connectivity index (χ3v) is 2.94. The van der Waals surface area contributed by atoms with Gasteiger partial charge in [-0.05, 0) is 6.07 Å². The number of para-hydroxylation sites is 1. The minimum atomic E-state index is -1.47. The van der Waals surface area contributed by atoms with Gasteiger partial charge in [-0.2, -0.15) is 0 Å². The normalized spacial score (nSPS) is 25.6. The lowest BCUT2D eigenvalue weighted by Crippen LogP contribution is -2.39. The minimum Gasteiger partial charge on any atom is -0.375 e. The molecule has 0 radical (unpaired) electrons. The maximum absolute atomic E-state index is 11.7. The number of rotatable bonds is 2. The first-order chi connectivity index (χ1) is 7.10. The van der Waals surface area contributed by atoms with Crippen molar-refractivity contribution in [2.24, 2.45) is 5.92 Å². The van der Waals surface area contributed by atoms with Crippen molar-refractivity contribution in [1.29, 1.82) is 0 Å². The number of hydrogen-bond donors (Lipinski definition) is 2. The van der Waals surface area contributed by atoms with Gasteiger partial charge in [0.05, 0.1) is 0 Å². The summed E-state index contributed by atoms with van der Waals surface area (Å²) in [7, 11) is 0. The molecule has 2 rings (SSSR count). The molecule has 0 saturated heterocycles. The number of hydrogen-bond acceptors (Lipinski definition) is 2. The molecule has 0 aromatic heterocycles. The largest absolute Gasteiger partial charge is 0.375 e. The highest BCUT2D eigenvalue weighted by Crippen LogP contribution is 2.40. The van der Waals surface area contributed by atoms with Gasteiger partial charge in [0.15, 0.2) is 5.60 Å². The lowest BCUT2D eigenvalue weighted by atomic mass is 9.83. The zero-order valence-corrected chi connectivity index (χ0v) is 8.53. The number of fused-ring (bicyclic) bond motifs is 1. The van der Waals surface area contributed by atoms with E-state index in [-0.39, 0.29) is 11.8 Å². The summed E-state index contributed by atoms with van der Waals surface area (Å²) in [6.07, 6.45) is 1.58. The predicted octanol–water partition coefficient (Wildman–Crippen LogP) is 1.65. The summed E-state index contributed by atoms with van der Waals surface area (Å²) in [5.41, 5.74) is -0.167. The second-order valence-electron chi connectivity index (χ2n) is 3.79. The number of amides is 1. The summed E-state index contributed by atoms with van der Waals surface area (Å²) >= 11 is 0. The molecule has 2 N–H and O–H groups in total. The Kier molecular flexibility index (Phi) is 2.12. The van der Waals surface area contributed by atoms with Gasteiger partial charge in [-0.25, -0.2) is 0 Å². The molecule has 0 aliphatic carbocycles. The first-order valence-corrected chi connectivity index (χ1v) is 4.86. The molecule has 1 heterocycles. The first-order valence-electron chi connectivity index (χ1n) is 4.86. The van der Waals surface area contributed by atoms with Crippen LogP contribution in [0.25, 0.3) is 0 Å². The summed E-state index contributed by atoms with van der Waals surface area (Å²) in [5, 5.41) is 13.1. The molecule has 0 saturated carbocycles. The Bertz CT molecular complexity index is 427. The van der Waals surface area contributed by atoms with Crippen LogP contribution in [-0.4, -0.2) is 11.0 Å². The zero-order valence-electron chi connectivity index (χ0n) is 8.53. The third kappa shape index (κ3) is 1.20. The number of aliphatic hydroxyl groups is 1. The maximum Gasteiger partial charge on any atom is 0.261 e. The Balaban J connectivity index is 2.58. The van der Waals surface area contributed by atoms with Gasteiger partial charge in [-0.1, -0.05) is 31.2 Å². The highest BCUT2D eigenvalue weighted by molar-refractivity contribution is 6.05. The smallest absolute Gasteiger partial charge is 0.261 e. The molecule has 0 bridgehead atoms. The highest BCUT2D eigenvalue weighted by Gasteiger charge is 2.48. The van der Waals surface area contributed by atoms with Gasteiger partial charge in [-0.3, -0.25) is 4.79 Å². The van der Waals surface area contributed by atoms with Crippen molar-refractivity contribution in [3.63, 3.8) is 0 Å². The highest BCUT2D eigenvalue weighted by atomic mass is 16.3. The molecule has 1 amide bonds. The second kappa shape index (κ2) is 3.21. The summed E-state index contributed by atoms with van der Waals surface area (Å²) in [6, 6.07) is 7.16. The predicted molar refractivity (Wildman–Crippen MR) is 58.3 cm³/mol. The molecular formula is C12H13NO2. The van der Waals surface area contributed by atoms with Crippen LogP contribution in [0.3, 0.4) is 0 Å². The fourth-order valence-corrected chi connectivity index (χ4v) is 1.89. The first kappa shape index (κ1) is 9.93. The van der Waals surface area contributed by atoms with E-state index < -0.39 is 5.60 Å². The standard InChI is InChI=1S/C12H13NO2/c1-3-8(2)12(15)9-6-4-5-7-10(9)13-11(12)14/h3-8,15H,1H2,2H3,(H,13,14). The Morgan fingerprint density at radius 1 is 1.53 bits per heavy atom. The summed E-state index contributed by atoms with van der Waals surface area (Å²) in [6.45, 7) is 5.39. The van der Waals surface area contributed by atoms with Crippen LogP contribution in [0, 0.1) is 5.92 Å². The summed E-state index contributed by atoms with van der Waals surface area (Å²) < 4.78 is 0. The molecule has 78 valence electrons. The fraction of sp³-hybridized carbons (Fsp3) is 0.250. The van der Waals surface area contributed by atoms with Crippen molar-refractivity contribution < 1.29 is 9.90 Å². The Morgan fingerprint density at radius 3 is 2.87 bits per heavy atom. The zero-order chi connectivity index (χ0) is 11.1. The third-order valence-electron chi connectivity index (χ3n) is 2.94. The fourth-order valence-electron chi connectivity index (χ4n) is 1.89. The van der Waals surface area contributed by atoms with E-state index in [4.69, 9.17) is 0 Å². The molecule has 1 aliphatic rings. The summed E-state index contributed by atoms with van der Waals surface area (Å²) in [4.78, 5) is 11.7. The molecule has 15 heavy (non-hydrogen) atoms. The number of carbonyl (C=O) groups excluding carboxylic acids is 1. The van der Waals surface area contributed by atoms with Crippen LogP contribution >= 0.6 is 0 Å². The maximum atomic E-state index is 11.7. The average molecular weight is 203 g/mol. The Labute approximate surface area is 88.4 Å². The van der Waals surface area contributed by atoms with E-state index in [1.54, 1.807) is 31.2 Å². The molecule has 2 atom stereocenters. The van der Waals surface area contributed by atoms with E-state index in [1.165, 1.54) is 0 Å². The lowest BCUT2D eigenvalue weighted by Gasteiger charge is -2.25. The molecule has 0 spiro atoms. The van der Waals surface area contributed by atoms with Crippen LogP contribution in [0.5, 0.6) is 0 Å². The van der Waals surface area contributed by atoms with E-state index in [0.29, 0.717) is 11.3 Å². The van der Waals surface area contributed by atoms with Crippen molar-refractivity contribution >= 4 is 11.6 Å². The molecule has 2 unspecified atom stereocenters. The van der Waals surface area contributed by atoms with Gasteiger partial charge in [-0.15, -0.1) is 6.58 Å². The minimum absolute atomic E-state index is 0.318. The van der Waals surface area contributed by atoms with E-state index in [9.17, 15) is 9.90 Å². The molecule has 1 aliphatic heterocycles. The molecule has 1 aromatic rings. The van der Waals surface area contributed by atoms with Gasteiger partial charge in [0.1, 0.15) is 0 Å². The van der Waals surface area contributed by atoms with E-state index in [2.05, 4.69) is 11.9 Å². The van der Waals surface area contributed by atoms with Gasteiger partial charge >= 0.3 is 0 Å². The van der Waals surface area contributed by atoms with Gasteiger partial charge in [0, 0.05) is 17.2 Å². The van der Waals surface area contributed by atoms with Crippen LogP contribution in [0.4, 0.5) is 5.69 Å². The van der Waals surface area contributed by atoms with Crippen molar-refractivity contribution in [2.75, 3.05) is 5.32 Å². The van der Waals surface area contributed by atoms with Crippen LogP contribution < -0.4 is 5.32 Å².